The van der Waals surface area contributed by atoms with Gasteiger partial charge in [-0.2, -0.15) is 0 Å². The molecule has 0 atom stereocenters. The zero-order valence-corrected chi connectivity index (χ0v) is 12.6. The van der Waals surface area contributed by atoms with Gasteiger partial charge in [-0.1, -0.05) is 15.9 Å². The van der Waals surface area contributed by atoms with Crippen LogP contribution in [0.25, 0.3) is 0 Å². The van der Waals surface area contributed by atoms with Gasteiger partial charge in [-0.05, 0) is 12.1 Å². The van der Waals surface area contributed by atoms with Crippen LogP contribution >= 0.6 is 15.9 Å². The molecule has 2 aromatic rings. The molecule has 0 unspecified atom stereocenters. The second-order valence-electron chi connectivity index (χ2n) is 3.87. The Bertz CT molecular complexity index is 634. The van der Waals surface area contributed by atoms with Crippen LogP contribution in [0.4, 0.5) is 11.5 Å². The highest BCUT2D eigenvalue weighted by Crippen LogP contribution is 2.24. The maximum absolute atomic E-state index is 12.1. The second-order valence-corrected chi connectivity index (χ2v) is 4.79. The third kappa shape index (κ3) is 3.45. The number of hydrogen-bond donors (Lipinski definition) is 2. The van der Waals surface area contributed by atoms with Gasteiger partial charge in [0.2, 0.25) is 0 Å². The van der Waals surface area contributed by atoms with E-state index in [0.717, 1.165) is 4.47 Å². The monoisotopic (exact) mass is 336 g/mol. The summed E-state index contributed by atoms with van der Waals surface area (Å²) >= 11 is 3.35. The van der Waals surface area contributed by atoms with Crippen LogP contribution in [0.3, 0.4) is 0 Å². The first-order valence-corrected chi connectivity index (χ1v) is 6.57. The van der Waals surface area contributed by atoms with Crippen molar-refractivity contribution in [1.82, 2.24) is 9.97 Å². The van der Waals surface area contributed by atoms with Gasteiger partial charge in [0, 0.05) is 23.3 Å². The summed E-state index contributed by atoms with van der Waals surface area (Å²) in [5, 5.41) is 5.58. The summed E-state index contributed by atoms with van der Waals surface area (Å²) in [6.07, 6.45) is 2.95. The number of rotatable bonds is 4. The number of nitrogens with one attached hydrogen (secondary N) is 2. The van der Waals surface area contributed by atoms with Crippen LogP contribution in [0.15, 0.2) is 35.1 Å². The molecule has 104 valence electrons. The minimum absolute atomic E-state index is 0.232. The lowest BCUT2D eigenvalue weighted by atomic mass is 10.3. The van der Waals surface area contributed by atoms with E-state index >= 15 is 0 Å². The van der Waals surface area contributed by atoms with Gasteiger partial charge in [-0.3, -0.25) is 9.78 Å². The summed E-state index contributed by atoms with van der Waals surface area (Å²) < 4.78 is 5.95. The van der Waals surface area contributed by atoms with Crippen molar-refractivity contribution in [2.45, 2.75) is 0 Å². The average molecular weight is 337 g/mol. The number of carbonyl (C=O) groups excluding carboxylic acids is 1. The van der Waals surface area contributed by atoms with E-state index in [2.05, 4.69) is 36.5 Å². The zero-order chi connectivity index (χ0) is 14.5. The highest BCUT2D eigenvalue weighted by molar-refractivity contribution is 9.10. The van der Waals surface area contributed by atoms with E-state index < -0.39 is 0 Å². The number of halogens is 1. The standard InChI is InChI=1S/C13H13BrN4O2/c1-15-12-7-16-6-11(18-12)13(19)17-9-3-8(14)4-10(5-9)20-2/h3-7H,1-2H3,(H,15,18)(H,17,19). The molecule has 0 aliphatic carbocycles. The van der Waals surface area contributed by atoms with Crippen molar-refractivity contribution in [3.63, 3.8) is 0 Å². The lowest BCUT2D eigenvalue weighted by Crippen LogP contribution is -2.14. The molecule has 0 radical (unpaired) electrons. The Kier molecular flexibility index (Phi) is 4.52. The average Bonchev–Trinajstić information content (AvgIpc) is 2.46. The van der Waals surface area contributed by atoms with Crippen molar-refractivity contribution in [2.75, 3.05) is 24.8 Å². The van der Waals surface area contributed by atoms with Crippen LogP contribution in [-0.4, -0.2) is 30.0 Å². The largest absolute Gasteiger partial charge is 0.497 e. The summed E-state index contributed by atoms with van der Waals surface area (Å²) in [5.74, 6) is 0.837. The smallest absolute Gasteiger partial charge is 0.275 e. The molecule has 0 aliphatic rings. The van der Waals surface area contributed by atoms with E-state index in [1.165, 1.54) is 6.20 Å². The maximum Gasteiger partial charge on any atom is 0.275 e. The number of amides is 1. The lowest BCUT2D eigenvalue weighted by molar-refractivity contribution is 0.102. The van der Waals surface area contributed by atoms with Gasteiger partial charge < -0.3 is 15.4 Å². The normalized spacial score (nSPS) is 9.95. The molecular weight excluding hydrogens is 324 g/mol. The highest BCUT2D eigenvalue weighted by atomic mass is 79.9. The summed E-state index contributed by atoms with van der Waals surface area (Å²) in [4.78, 5) is 20.2. The Morgan fingerprint density at radius 3 is 2.80 bits per heavy atom. The number of benzene rings is 1. The Hall–Kier alpha value is -2.15. The van der Waals surface area contributed by atoms with Gasteiger partial charge in [-0.25, -0.2) is 4.98 Å². The van der Waals surface area contributed by atoms with Gasteiger partial charge in [0.05, 0.1) is 19.5 Å². The molecular formula is C13H13BrN4O2. The molecule has 1 amide bonds. The first kappa shape index (κ1) is 14.3. The van der Waals surface area contributed by atoms with Gasteiger partial charge in [0.1, 0.15) is 17.3 Å². The van der Waals surface area contributed by atoms with Crippen LogP contribution in [0.2, 0.25) is 0 Å². The van der Waals surface area contributed by atoms with Gasteiger partial charge in [0.15, 0.2) is 0 Å². The maximum atomic E-state index is 12.1. The van der Waals surface area contributed by atoms with Crippen molar-refractivity contribution in [1.29, 1.82) is 0 Å². The molecule has 1 heterocycles. The van der Waals surface area contributed by atoms with E-state index in [0.29, 0.717) is 17.3 Å². The molecule has 0 saturated carbocycles. The lowest BCUT2D eigenvalue weighted by Gasteiger charge is -2.08. The van der Waals surface area contributed by atoms with Gasteiger partial charge >= 0.3 is 0 Å². The molecule has 6 nitrogen and oxygen atoms in total. The molecule has 20 heavy (non-hydrogen) atoms. The number of nitrogens with zero attached hydrogens (tertiary/aromatic N) is 2. The molecule has 0 saturated heterocycles. The number of hydrogen-bond acceptors (Lipinski definition) is 5. The molecule has 0 spiro atoms. The van der Waals surface area contributed by atoms with E-state index in [1.54, 1.807) is 38.6 Å². The Labute approximate surface area is 124 Å². The van der Waals surface area contributed by atoms with Crippen molar-refractivity contribution in [2.24, 2.45) is 0 Å². The first-order valence-electron chi connectivity index (χ1n) is 5.78. The fraction of sp³-hybridized carbons (Fsp3) is 0.154. The molecule has 0 fully saturated rings. The molecule has 1 aromatic carbocycles. The Morgan fingerprint density at radius 1 is 1.30 bits per heavy atom. The fourth-order valence-electron chi connectivity index (χ4n) is 1.54. The van der Waals surface area contributed by atoms with Crippen LogP contribution in [-0.2, 0) is 0 Å². The number of ether oxygens (including phenoxy) is 1. The molecule has 0 aliphatic heterocycles. The summed E-state index contributed by atoms with van der Waals surface area (Å²) in [7, 11) is 3.28. The predicted octanol–water partition coefficient (Wildman–Crippen LogP) is 2.54. The van der Waals surface area contributed by atoms with Crippen molar-refractivity contribution >= 4 is 33.3 Å². The first-order chi connectivity index (χ1) is 9.62. The Morgan fingerprint density at radius 2 is 2.10 bits per heavy atom. The van der Waals surface area contributed by atoms with Crippen molar-refractivity contribution < 1.29 is 9.53 Å². The second kappa shape index (κ2) is 6.33. The Balaban J connectivity index is 2.20. The van der Waals surface area contributed by atoms with Crippen LogP contribution in [0, 0.1) is 0 Å². The highest BCUT2D eigenvalue weighted by Gasteiger charge is 2.10. The number of aromatic nitrogens is 2. The van der Waals surface area contributed by atoms with E-state index in [1.807, 2.05) is 0 Å². The summed E-state index contributed by atoms with van der Waals surface area (Å²) in [6, 6.07) is 5.30. The van der Waals surface area contributed by atoms with Gasteiger partial charge in [-0.15, -0.1) is 0 Å². The van der Waals surface area contributed by atoms with Crippen molar-refractivity contribution in [3.05, 3.63) is 40.8 Å². The summed E-state index contributed by atoms with van der Waals surface area (Å²) in [6.45, 7) is 0. The molecule has 0 bridgehead atoms. The quantitative estimate of drug-likeness (QED) is 0.897. The number of carbonyl (C=O) groups is 1. The van der Waals surface area contributed by atoms with E-state index in [9.17, 15) is 4.79 Å². The third-order valence-corrected chi connectivity index (χ3v) is 2.95. The topological polar surface area (TPSA) is 76.1 Å². The predicted molar refractivity (Wildman–Crippen MR) is 80.2 cm³/mol. The zero-order valence-electron chi connectivity index (χ0n) is 11.0. The minimum atomic E-state index is -0.338. The number of methoxy groups -OCH3 is 1. The van der Waals surface area contributed by atoms with E-state index in [4.69, 9.17) is 4.74 Å². The molecule has 2 N–H and O–H groups in total. The SMILES string of the molecule is CNc1cncc(C(=O)Nc2cc(Br)cc(OC)c2)n1. The van der Waals surface area contributed by atoms with Crippen LogP contribution in [0.5, 0.6) is 5.75 Å². The number of anilines is 2. The van der Waals surface area contributed by atoms with Crippen molar-refractivity contribution in [3.8, 4) is 5.75 Å². The molecule has 2 rings (SSSR count). The van der Waals surface area contributed by atoms with Crippen LogP contribution < -0.4 is 15.4 Å². The molecule has 7 heteroatoms. The molecule has 1 aromatic heterocycles. The van der Waals surface area contributed by atoms with Gasteiger partial charge in [0.25, 0.3) is 5.91 Å². The third-order valence-electron chi connectivity index (χ3n) is 2.49. The van der Waals surface area contributed by atoms with Crippen LogP contribution in [0.1, 0.15) is 10.5 Å². The summed E-state index contributed by atoms with van der Waals surface area (Å²) in [5.41, 5.74) is 0.841. The minimum Gasteiger partial charge on any atom is -0.497 e. The fourth-order valence-corrected chi connectivity index (χ4v) is 2.02. The van der Waals surface area contributed by atoms with E-state index in [-0.39, 0.29) is 11.6 Å².